The third kappa shape index (κ3) is 6.14. The summed E-state index contributed by atoms with van der Waals surface area (Å²) in [6.45, 7) is 3.10. The highest BCUT2D eigenvalue weighted by Crippen LogP contribution is 2.34. The van der Waals surface area contributed by atoms with E-state index in [0.29, 0.717) is 17.9 Å². The van der Waals surface area contributed by atoms with Gasteiger partial charge >= 0.3 is 0 Å². The Hall–Kier alpha value is -3.61. The van der Waals surface area contributed by atoms with E-state index >= 15 is 0 Å². The molecule has 6 nitrogen and oxygen atoms in total. The molecular weight excluding hydrogens is 450 g/mol. The zero-order valence-corrected chi connectivity index (χ0v) is 21.3. The number of nitrogens with zero attached hydrogens (tertiary/aromatic N) is 2. The maximum atomic E-state index is 13.0. The normalized spacial score (nSPS) is 16.2. The Bertz CT molecular complexity index is 1190. The Kier molecular flexibility index (Phi) is 8.41. The maximum absolute atomic E-state index is 13.0. The molecule has 188 valence electrons. The molecule has 6 heteroatoms. The number of rotatable bonds is 9. The van der Waals surface area contributed by atoms with E-state index in [2.05, 4.69) is 34.5 Å². The number of carbonyl (C=O) groups is 1. The number of hydrogen-bond donors (Lipinski definition) is 2. The predicted molar refractivity (Wildman–Crippen MR) is 146 cm³/mol. The third-order valence-corrected chi connectivity index (χ3v) is 6.71. The fourth-order valence-corrected chi connectivity index (χ4v) is 4.61. The molecule has 1 aliphatic rings. The average molecular weight is 486 g/mol. The van der Waals surface area contributed by atoms with Gasteiger partial charge in [0, 0.05) is 52.0 Å². The first-order valence-corrected chi connectivity index (χ1v) is 12.3. The van der Waals surface area contributed by atoms with Crippen molar-refractivity contribution in [1.82, 2.24) is 10.2 Å². The number of carbonyl (C=O) groups excluding carboxylic acids is 1. The number of benzene rings is 3. The van der Waals surface area contributed by atoms with E-state index in [0.717, 1.165) is 37.3 Å². The summed E-state index contributed by atoms with van der Waals surface area (Å²) in [5, 5.41) is 14.7. The standard InChI is InChI=1S/C30H35N3O3/c1-32(2)24-12-9-22(10-13-24)11-15-28(34)26-14-16-29(36-3)27(30(26)35)21-33-18-17-31-20-25(33)19-23-7-5-4-6-8-23/h4-16,25,31,35H,17-21H2,1-3H3/b15-11+. The molecule has 0 spiro atoms. The molecule has 0 aromatic heterocycles. The highest BCUT2D eigenvalue weighted by molar-refractivity contribution is 6.09. The topological polar surface area (TPSA) is 65.0 Å². The molecule has 1 atom stereocenters. The molecule has 2 N–H and O–H groups in total. The van der Waals surface area contributed by atoms with Gasteiger partial charge in [-0.3, -0.25) is 9.69 Å². The van der Waals surface area contributed by atoms with Gasteiger partial charge in [-0.2, -0.15) is 0 Å². The molecule has 1 aliphatic heterocycles. The molecule has 0 bridgehead atoms. The molecule has 0 aliphatic carbocycles. The largest absolute Gasteiger partial charge is 0.507 e. The second-order valence-corrected chi connectivity index (χ2v) is 9.34. The minimum Gasteiger partial charge on any atom is -0.507 e. The van der Waals surface area contributed by atoms with Crippen LogP contribution >= 0.6 is 0 Å². The number of hydrogen-bond acceptors (Lipinski definition) is 6. The number of phenolic OH excluding ortho intramolecular Hbond substituents is 1. The van der Waals surface area contributed by atoms with E-state index in [9.17, 15) is 9.90 Å². The van der Waals surface area contributed by atoms with Crippen molar-refractivity contribution in [3.05, 3.63) is 95.1 Å². The summed E-state index contributed by atoms with van der Waals surface area (Å²) in [5.41, 5.74) is 4.22. The number of anilines is 1. The number of aromatic hydroxyl groups is 1. The van der Waals surface area contributed by atoms with Crippen molar-refractivity contribution >= 4 is 17.5 Å². The molecule has 3 aromatic rings. The lowest BCUT2D eigenvalue weighted by molar-refractivity contribution is 0.104. The number of piperazine rings is 1. The Labute approximate surface area is 213 Å². The van der Waals surface area contributed by atoms with Gasteiger partial charge in [-0.1, -0.05) is 48.5 Å². The van der Waals surface area contributed by atoms with Gasteiger partial charge in [0.2, 0.25) is 0 Å². The van der Waals surface area contributed by atoms with Gasteiger partial charge in [-0.25, -0.2) is 0 Å². The number of nitrogens with one attached hydrogen (secondary N) is 1. The fraction of sp³-hybridized carbons (Fsp3) is 0.300. The highest BCUT2D eigenvalue weighted by atomic mass is 16.5. The van der Waals surface area contributed by atoms with Crippen LogP contribution in [0.5, 0.6) is 11.5 Å². The zero-order chi connectivity index (χ0) is 25.5. The van der Waals surface area contributed by atoms with Gasteiger partial charge in [0.15, 0.2) is 5.78 Å². The quantitative estimate of drug-likeness (QED) is 0.346. The lowest BCUT2D eigenvalue weighted by Crippen LogP contribution is -2.51. The molecule has 1 heterocycles. The van der Waals surface area contributed by atoms with Gasteiger partial charge in [0.1, 0.15) is 11.5 Å². The number of allylic oxidation sites excluding steroid dienone is 1. The highest BCUT2D eigenvalue weighted by Gasteiger charge is 2.26. The summed E-state index contributed by atoms with van der Waals surface area (Å²) >= 11 is 0. The molecule has 36 heavy (non-hydrogen) atoms. The Morgan fingerprint density at radius 2 is 1.86 bits per heavy atom. The monoisotopic (exact) mass is 485 g/mol. The van der Waals surface area contributed by atoms with E-state index in [4.69, 9.17) is 4.74 Å². The average Bonchev–Trinajstić information content (AvgIpc) is 2.90. The van der Waals surface area contributed by atoms with Gasteiger partial charge in [-0.05, 0) is 47.9 Å². The van der Waals surface area contributed by atoms with Crippen LogP contribution in [0.4, 0.5) is 5.69 Å². The number of methoxy groups -OCH3 is 1. The van der Waals surface area contributed by atoms with Crippen molar-refractivity contribution in [3.8, 4) is 11.5 Å². The van der Waals surface area contributed by atoms with Crippen LogP contribution in [0, 0.1) is 0 Å². The summed E-state index contributed by atoms with van der Waals surface area (Å²) in [5.74, 6) is 0.336. The molecule has 0 radical (unpaired) electrons. The molecule has 3 aromatic carbocycles. The molecule has 0 saturated carbocycles. The van der Waals surface area contributed by atoms with Crippen molar-refractivity contribution < 1.29 is 14.6 Å². The van der Waals surface area contributed by atoms with E-state index in [1.54, 1.807) is 25.3 Å². The van der Waals surface area contributed by atoms with Crippen LogP contribution in [0.2, 0.25) is 0 Å². The van der Waals surface area contributed by atoms with Crippen molar-refractivity contribution in [1.29, 1.82) is 0 Å². The molecule has 0 amide bonds. The van der Waals surface area contributed by atoms with Crippen molar-refractivity contribution in [2.45, 2.75) is 19.0 Å². The molecule has 1 fully saturated rings. The van der Waals surface area contributed by atoms with Crippen molar-refractivity contribution in [3.63, 3.8) is 0 Å². The maximum Gasteiger partial charge on any atom is 0.189 e. The van der Waals surface area contributed by atoms with Crippen LogP contribution < -0.4 is 15.0 Å². The Balaban J connectivity index is 1.54. The first kappa shape index (κ1) is 25.5. The summed E-state index contributed by atoms with van der Waals surface area (Å²) in [6.07, 6.45) is 4.20. The minimum atomic E-state index is -0.241. The van der Waals surface area contributed by atoms with E-state index in [1.165, 1.54) is 11.6 Å². The number of phenols is 1. The summed E-state index contributed by atoms with van der Waals surface area (Å²) in [6, 6.07) is 22.1. The predicted octanol–water partition coefficient (Wildman–Crippen LogP) is 4.38. The van der Waals surface area contributed by atoms with Gasteiger partial charge < -0.3 is 20.1 Å². The number of ether oxygens (including phenoxy) is 1. The lowest BCUT2D eigenvalue weighted by atomic mass is 9.99. The van der Waals surface area contributed by atoms with Crippen LogP contribution in [-0.2, 0) is 13.0 Å². The van der Waals surface area contributed by atoms with Gasteiger partial charge in [0.05, 0.1) is 18.2 Å². The second kappa shape index (κ2) is 11.9. The smallest absolute Gasteiger partial charge is 0.189 e. The number of ketones is 1. The summed E-state index contributed by atoms with van der Waals surface area (Å²) < 4.78 is 5.58. The minimum absolute atomic E-state index is 0.0102. The Morgan fingerprint density at radius 1 is 1.11 bits per heavy atom. The van der Waals surface area contributed by atoms with Gasteiger partial charge in [0.25, 0.3) is 0 Å². The van der Waals surface area contributed by atoms with Crippen LogP contribution in [-0.4, -0.2) is 62.7 Å². The third-order valence-electron chi connectivity index (χ3n) is 6.71. The Morgan fingerprint density at radius 3 is 2.56 bits per heavy atom. The fourth-order valence-electron chi connectivity index (χ4n) is 4.61. The van der Waals surface area contributed by atoms with E-state index < -0.39 is 0 Å². The van der Waals surface area contributed by atoms with Gasteiger partial charge in [-0.15, -0.1) is 0 Å². The molecule has 1 saturated heterocycles. The van der Waals surface area contributed by atoms with E-state index in [-0.39, 0.29) is 23.1 Å². The SMILES string of the molecule is COc1ccc(C(=O)/C=C/c2ccc(N(C)C)cc2)c(O)c1CN1CCNCC1Cc1ccccc1. The molecular formula is C30H35N3O3. The zero-order valence-electron chi connectivity index (χ0n) is 21.3. The molecule has 4 rings (SSSR count). The summed E-state index contributed by atoms with van der Waals surface area (Å²) in [7, 11) is 5.57. The van der Waals surface area contributed by atoms with E-state index in [1.807, 2.05) is 49.3 Å². The van der Waals surface area contributed by atoms with Crippen LogP contribution in [0.15, 0.2) is 72.8 Å². The van der Waals surface area contributed by atoms with Crippen LogP contribution in [0.25, 0.3) is 6.08 Å². The first-order chi connectivity index (χ1) is 17.5. The van der Waals surface area contributed by atoms with Crippen LogP contribution in [0.1, 0.15) is 27.0 Å². The van der Waals surface area contributed by atoms with Crippen molar-refractivity contribution in [2.75, 3.05) is 45.7 Å². The lowest BCUT2D eigenvalue weighted by Gasteiger charge is -2.37. The van der Waals surface area contributed by atoms with Crippen molar-refractivity contribution in [2.24, 2.45) is 0 Å². The van der Waals surface area contributed by atoms with Crippen LogP contribution in [0.3, 0.4) is 0 Å². The molecule has 1 unspecified atom stereocenters. The first-order valence-electron chi connectivity index (χ1n) is 12.3. The second-order valence-electron chi connectivity index (χ2n) is 9.34. The summed E-state index contributed by atoms with van der Waals surface area (Å²) in [4.78, 5) is 17.4.